The number of hydrogen-bond donors (Lipinski definition) is 2. The van der Waals surface area contributed by atoms with E-state index in [1.165, 1.54) is 18.1 Å². The van der Waals surface area contributed by atoms with Crippen molar-refractivity contribution in [2.75, 3.05) is 17.7 Å². The molecule has 3 heterocycles. The monoisotopic (exact) mass is 430 g/mol. The van der Waals surface area contributed by atoms with E-state index in [9.17, 15) is 4.79 Å². The number of allylic oxidation sites excluding steroid dienone is 1. The summed E-state index contributed by atoms with van der Waals surface area (Å²) >= 11 is 0. The zero-order valence-corrected chi connectivity index (χ0v) is 18.2. The van der Waals surface area contributed by atoms with Crippen molar-refractivity contribution >= 4 is 39.7 Å². The van der Waals surface area contributed by atoms with E-state index >= 15 is 0 Å². The molecule has 10 nitrogen and oxygen atoms in total. The SMILES string of the molecule is C=C(C)c1cc(C(=O)Nc2ccc(C)c(Nc3ncnc4cnc(OC)nc34)c2)n(C)n1. The van der Waals surface area contributed by atoms with Gasteiger partial charge in [0.2, 0.25) is 0 Å². The van der Waals surface area contributed by atoms with Crippen molar-refractivity contribution in [3.8, 4) is 6.01 Å². The third kappa shape index (κ3) is 4.10. The predicted molar refractivity (Wildman–Crippen MR) is 122 cm³/mol. The Morgan fingerprint density at radius 3 is 2.72 bits per heavy atom. The highest BCUT2D eigenvalue weighted by atomic mass is 16.5. The minimum absolute atomic E-state index is 0.221. The minimum Gasteiger partial charge on any atom is -0.467 e. The molecule has 0 bridgehead atoms. The fraction of sp³-hybridized carbons (Fsp3) is 0.182. The molecule has 0 aliphatic rings. The molecule has 0 fully saturated rings. The van der Waals surface area contributed by atoms with Crippen molar-refractivity contribution in [1.29, 1.82) is 0 Å². The Bertz CT molecular complexity index is 1350. The van der Waals surface area contributed by atoms with Crippen LogP contribution in [0.2, 0.25) is 0 Å². The molecule has 1 amide bonds. The number of benzene rings is 1. The number of rotatable bonds is 6. The maximum Gasteiger partial charge on any atom is 0.316 e. The van der Waals surface area contributed by atoms with Gasteiger partial charge in [-0.25, -0.2) is 15.0 Å². The second kappa shape index (κ2) is 8.42. The summed E-state index contributed by atoms with van der Waals surface area (Å²) in [5.41, 5.74) is 5.34. The lowest BCUT2D eigenvalue weighted by Crippen LogP contribution is -2.16. The van der Waals surface area contributed by atoms with Gasteiger partial charge in [-0.2, -0.15) is 10.1 Å². The second-order valence-corrected chi connectivity index (χ2v) is 7.24. The van der Waals surface area contributed by atoms with E-state index in [1.54, 1.807) is 19.3 Å². The first-order chi connectivity index (χ1) is 15.4. The molecule has 4 aromatic rings. The number of carbonyl (C=O) groups excluding carboxylic acids is 1. The largest absolute Gasteiger partial charge is 0.467 e. The molecule has 4 rings (SSSR count). The van der Waals surface area contributed by atoms with Crippen LogP contribution < -0.4 is 15.4 Å². The topological polar surface area (TPSA) is 120 Å². The zero-order valence-electron chi connectivity index (χ0n) is 18.2. The van der Waals surface area contributed by atoms with E-state index in [2.05, 4.69) is 42.2 Å². The summed E-state index contributed by atoms with van der Waals surface area (Å²) in [6, 6.07) is 7.50. The average Bonchev–Trinajstić information content (AvgIpc) is 3.18. The Labute approximate surface area is 184 Å². The van der Waals surface area contributed by atoms with Crippen LogP contribution in [-0.4, -0.2) is 42.7 Å². The first kappa shape index (κ1) is 20.9. The van der Waals surface area contributed by atoms with Gasteiger partial charge in [0.15, 0.2) is 5.82 Å². The number of nitrogens with zero attached hydrogens (tertiary/aromatic N) is 6. The second-order valence-electron chi connectivity index (χ2n) is 7.24. The minimum atomic E-state index is -0.271. The molecular formula is C22H22N8O2. The molecular weight excluding hydrogens is 408 g/mol. The van der Waals surface area contributed by atoms with Crippen LogP contribution in [0.15, 0.2) is 43.4 Å². The van der Waals surface area contributed by atoms with Crippen molar-refractivity contribution < 1.29 is 9.53 Å². The normalized spacial score (nSPS) is 10.8. The van der Waals surface area contributed by atoms with Gasteiger partial charge in [0.25, 0.3) is 5.91 Å². The number of methoxy groups -OCH3 is 1. The smallest absolute Gasteiger partial charge is 0.316 e. The molecule has 3 aromatic heterocycles. The molecule has 0 aliphatic heterocycles. The lowest BCUT2D eigenvalue weighted by atomic mass is 10.1. The van der Waals surface area contributed by atoms with Gasteiger partial charge in [0.05, 0.1) is 19.0 Å². The number of aromatic nitrogens is 6. The Kier molecular flexibility index (Phi) is 5.50. The third-order valence-electron chi connectivity index (χ3n) is 4.84. The van der Waals surface area contributed by atoms with E-state index in [-0.39, 0.29) is 11.9 Å². The standard InChI is InChI=1S/C22H22N8O2/c1-12(2)15-9-18(30(4)29-15)21(31)26-14-7-6-13(3)16(8-14)27-20-19-17(24-11-25-20)10-23-22(28-19)32-5/h6-11H,1H2,2-5H3,(H,26,31)(H,24,25,27). The molecule has 1 aromatic carbocycles. The van der Waals surface area contributed by atoms with Gasteiger partial charge in [-0.15, -0.1) is 0 Å². The van der Waals surface area contributed by atoms with Crippen LogP contribution in [-0.2, 0) is 7.05 Å². The van der Waals surface area contributed by atoms with Gasteiger partial charge in [0.1, 0.15) is 23.1 Å². The zero-order chi connectivity index (χ0) is 22.8. The first-order valence-corrected chi connectivity index (χ1v) is 9.76. The van der Waals surface area contributed by atoms with E-state index in [4.69, 9.17) is 4.74 Å². The molecule has 0 saturated heterocycles. The summed E-state index contributed by atoms with van der Waals surface area (Å²) in [7, 11) is 3.22. The van der Waals surface area contributed by atoms with Crippen LogP contribution in [0.1, 0.15) is 28.7 Å². The van der Waals surface area contributed by atoms with E-state index in [0.29, 0.717) is 33.9 Å². The Morgan fingerprint density at radius 1 is 1.19 bits per heavy atom. The van der Waals surface area contributed by atoms with Crippen molar-refractivity contribution in [2.45, 2.75) is 13.8 Å². The maximum atomic E-state index is 12.8. The number of fused-ring (bicyclic) bond motifs is 1. The number of aryl methyl sites for hydroxylation is 2. The van der Waals surface area contributed by atoms with Crippen LogP contribution in [0.4, 0.5) is 17.2 Å². The molecule has 0 radical (unpaired) electrons. The van der Waals surface area contributed by atoms with Crippen molar-refractivity contribution in [3.63, 3.8) is 0 Å². The predicted octanol–water partition coefficient (Wildman–Crippen LogP) is 3.50. The van der Waals surface area contributed by atoms with Crippen LogP contribution >= 0.6 is 0 Å². The molecule has 0 spiro atoms. The number of hydrogen-bond acceptors (Lipinski definition) is 8. The number of amides is 1. The molecule has 0 aliphatic carbocycles. The van der Waals surface area contributed by atoms with Gasteiger partial charge in [-0.3, -0.25) is 9.48 Å². The molecule has 0 saturated carbocycles. The fourth-order valence-corrected chi connectivity index (χ4v) is 3.07. The highest BCUT2D eigenvalue weighted by Crippen LogP contribution is 2.27. The van der Waals surface area contributed by atoms with E-state index < -0.39 is 0 Å². The highest BCUT2D eigenvalue weighted by molar-refractivity contribution is 6.03. The van der Waals surface area contributed by atoms with Crippen molar-refractivity contribution in [3.05, 3.63) is 60.3 Å². The average molecular weight is 430 g/mol. The van der Waals surface area contributed by atoms with Crippen molar-refractivity contribution in [2.24, 2.45) is 7.05 Å². The Morgan fingerprint density at radius 2 is 2.00 bits per heavy atom. The number of anilines is 3. The quantitative estimate of drug-likeness (QED) is 0.477. The third-order valence-corrected chi connectivity index (χ3v) is 4.84. The molecule has 32 heavy (non-hydrogen) atoms. The van der Waals surface area contributed by atoms with Gasteiger partial charge < -0.3 is 15.4 Å². The summed E-state index contributed by atoms with van der Waals surface area (Å²) in [5.74, 6) is 0.229. The number of ether oxygens (including phenoxy) is 1. The lowest BCUT2D eigenvalue weighted by molar-refractivity contribution is 0.101. The van der Waals surface area contributed by atoms with Gasteiger partial charge in [-0.05, 0) is 43.2 Å². The molecule has 0 unspecified atom stereocenters. The Balaban J connectivity index is 1.62. The summed E-state index contributed by atoms with van der Waals surface area (Å²) in [5, 5.41) is 10.5. The maximum absolute atomic E-state index is 12.8. The van der Waals surface area contributed by atoms with Gasteiger partial charge in [-0.1, -0.05) is 12.6 Å². The number of nitrogens with one attached hydrogen (secondary N) is 2. The van der Waals surface area contributed by atoms with Crippen LogP contribution in [0.25, 0.3) is 16.6 Å². The molecule has 2 N–H and O–H groups in total. The van der Waals surface area contributed by atoms with Crippen LogP contribution in [0.3, 0.4) is 0 Å². The Hall–Kier alpha value is -4.34. The van der Waals surface area contributed by atoms with Crippen LogP contribution in [0.5, 0.6) is 6.01 Å². The molecule has 0 atom stereocenters. The molecule has 162 valence electrons. The summed E-state index contributed by atoms with van der Waals surface area (Å²) in [6.45, 7) is 7.67. The van der Waals surface area contributed by atoms with Crippen molar-refractivity contribution in [1.82, 2.24) is 29.7 Å². The lowest BCUT2D eigenvalue weighted by Gasteiger charge is -2.13. The van der Waals surface area contributed by atoms with Gasteiger partial charge in [0, 0.05) is 18.4 Å². The fourth-order valence-electron chi connectivity index (χ4n) is 3.07. The molecule has 10 heteroatoms. The summed E-state index contributed by atoms with van der Waals surface area (Å²) in [4.78, 5) is 29.7. The van der Waals surface area contributed by atoms with Crippen LogP contribution in [0, 0.1) is 6.92 Å². The summed E-state index contributed by atoms with van der Waals surface area (Å²) in [6.07, 6.45) is 3.01. The van der Waals surface area contributed by atoms with E-state index in [1.807, 2.05) is 32.0 Å². The first-order valence-electron chi connectivity index (χ1n) is 9.76. The van der Waals surface area contributed by atoms with Gasteiger partial charge >= 0.3 is 6.01 Å². The summed E-state index contributed by atoms with van der Waals surface area (Å²) < 4.78 is 6.65. The highest BCUT2D eigenvalue weighted by Gasteiger charge is 2.15. The number of carbonyl (C=O) groups is 1. The van der Waals surface area contributed by atoms with E-state index in [0.717, 1.165) is 16.8 Å².